The standard InChI is InChI=1S/C26H23ClN4O5S/c1-35-21-11-6-16(12-22(21)36-2)15-28-30-26-31(19-4-3-5-20(32)13-19)25(34)23(37-26)14-24(33)29-18-9-7-17(27)8-10-18/h3-13,15,23,32H,14H2,1-2H3,(H,29,33). The van der Waals surface area contributed by atoms with Gasteiger partial charge in [0.1, 0.15) is 11.0 Å². The van der Waals surface area contributed by atoms with Crippen molar-refractivity contribution in [1.29, 1.82) is 0 Å². The summed E-state index contributed by atoms with van der Waals surface area (Å²) in [6.45, 7) is 0. The molecule has 11 heteroatoms. The molecule has 0 saturated carbocycles. The normalized spacial score (nSPS) is 16.4. The highest BCUT2D eigenvalue weighted by Crippen LogP contribution is 2.35. The monoisotopic (exact) mass is 538 g/mol. The van der Waals surface area contributed by atoms with E-state index >= 15 is 0 Å². The maximum Gasteiger partial charge on any atom is 0.247 e. The molecule has 1 unspecified atom stereocenters. The Hall–Kier alpha value is -4.02. The van der Waals surface area contributed by atoms with Gasteiger partial charge in [-0.05, 0) is 60.2 Å². The number of phenolic OH excluding ortho intramolecular Hbond substituents is 1. The van der Waals surface area contributed by atoms with Gasteiger partial charge in [0, 0.05) is 23.2 Å². The van der Waals surface area contributed by atoms with Gasteiger partial charge in [-0.1, -0.05) is 29.4 Å². The summed E-state index contributed by atoms with van der Waals surface area (Å²) in [4.78, 5) is 27.3. The summed E-state index contributed by atoms with van der Waals surface area (Å²) < 4.78 is 10.6. The number of amidine groups is 1. The summed E-state index contributed by atoms with van der Waals surface area (Å²) in [7, 11) is 3.09. The average Bonchev–Trinajstić information content (AvgIpc) is 3.19. The number of methoxy groups -OCH3 is 2. The Morgan fingerprint density at radius 2 is 1.86 bits per heavy atom. The lowest BCUT2D eigenvalue weighted by atomic mass is 10.2. The van der Waals surface area contributed by atoms with Gasteiger partial charge in [0.05, 0.1) is 26.1 Å². The van der Waals surface area contributed by atoms with E-state index in [-0.39, 0.29) is 29.2 Å². The maximum absolute atomic E-state index is 13.3. The molecule has 1 aliphatic rings. The number of nitrogens with one attached hydrogen (secondary N) is 1. The van der Waals surface area contributed by atoms with E-state index in [9.17, 15) is 14.7 Å². The van der Waals surface area contributed by atoms with Crippen molar-refractivity contribution >= 4 is 57.9 Å². The first kappa shape index (κ1) is 26.1. The van der Waals surface area contributed by atoms with E-state index in [1.807, 2.05) is 0 Å². The minimum Gasteiger partial charge on any atom is -0.508 e. The molecular formula is C26H23ClN4O5S. The number of nitrogens with zero attached hydrogens (tertiary/aromatic N) is 3. The van der Waals surface area contributed by atoms with Crippen LogP contribution in [0.15, 0.2) is 76.9 Å². The number of halogens is 1. The zero-order valence-electron chi connectivity index (χ0n) is 19.9. The van der Waals surface area contributed by atoms with Crippen molar-refractivity contribution < 1.29 is 24.2 Å². The molecule has 4 rings (SSSR count). The Labute approximate surface area is 222 Å². The van der Waals surface area contributed by atoms with Gasteiger partial charge in [-0.15, -0.1) is 5.10 Å². The molecule has 37 heavy (non-hydrogen) atoms. The van der Waals surface area contributed by atoms with Crippen LogP contribution >= 0.6 is 23.4 Å². The number of amides is 2. The van der Waals surface area contributed by atoms with Crippen molar-refractivity contribution in [1.82, 2.24) is 0 Å². The zero-order chi connectivity index (χ0) is 26.4. The number of hydrogen-bond acceptors (Lipinski definition) is 8. The van der Waals surface area contributed by atoms with Crippen molar-refractivity contribution in [3.8, 4) is 17.2 Å². The maximum atomic E-state index is 13.3. The van der Waals surface area contributed by atoms with Crippen LogP contribution in [0.5, 0.6) is 17.2 Å². The molecular weight excluding hydrogens is 516 g/mol. The number of carbonyl (C=O) groups excluding carboxylic acids is 2. The third kappa shape index (κ3) is 6.41. The van der Waals surface area contributed by atoms with E-state index in [4.69, 9.17) is 21.1 Å². The molecule has 0 aliphatic carbocycles. The van der Waals surface area contributed by atoms with Crippen LogP contribution in [0, 0.1) is 0 Å². The summed E-state index contributed by atoms with van der Waals surface area (Å²) in [6.07, 6.45) is 1.43. The lowest BCUT2D eigenvalue weighted by Gasteiger charge is -2.16. The van der Waals surface area contributed by atoms with Crippen LogP contribution in [0.4, 0.5) is 11.4 Å². The van der Waals surface area contributed by atoms with Gasteiger partial charge in [0.15, 0.2) is 16.7 Å². The molecule has 0 spiro atoms. The highest BCUT2D eigenvalue weighted by atomic mass is 35.5. The second kappa shape index (κ2) is 11.8. The number of ether oxygens (including phenoxy) is 2. The summed E-state index contributed by atoms with van der Waals surface area (Å²) in [5.41, 5.74) is 1.69. The van der Waals surface area contributed by atoms with Gasteiger partial charge in [-0.2, -0.15) is 5.10 Å². The molecule has 1 saturated heterocycles. The summed E-state index contributed by atoms with van der Waals surface area (Å²) in [6, 6.07) is 18.2. The molecule has 0 bridgehead atoms. The fourth-order valence-corrected chi connectivity index (χ4v) is 4.74. The Kier molecular flexibility index (Phi) is 8.32. The van der Waals surface area contributed by atoms with Crippen molar-refractivity contribution in [3.63, 3.8) is 0 Å². The lowest BCUT2D eigenvalue weighted by Crippen LogP contribution is -2.33. The molecule has 1 aliphatic heterocycles. The molecule has 190 valence electrons. The number of carbonyl (C=O) groups is 2. The smallest absolute Gasteiger partial charge is 0.247 e. The Balaban J connectivity index is 1.56. The molecule has 2 N–H and O–H groups in total. The topological polar surface area (TPSA) is 113 Å². The van der Waals surface area contributed by atoms with Crippen LogP contribution in [-0.4, -0.2) is 47.8 Å². The molecule has 9 nitrogen and oxygen atoms in total. The van der Waals surface area contributed by atoms with Crippen LogP contribution in [0.1, 0.15) is 12.0 Å². The highest BCUT2D eigenvalue weighted by Gasteiger charge is 2.40. The number of rotatable bonds is 8. The van der Waals surface area contributed by atoms with Crippen LogP contribution in [0.3, 0.4) is 0 Å². The Morgan fingerprint density at radius 1 is 1.11 bits per heavy atom. The van der Waals surface area contributed by atoms with E-state index in [1.54, 1.807) is 61.7 Å². The molecule has 1 atom stereocenters. The summed E-state index contributed by atoms with van der Waals surface area (Å²) >= 11 is 7.02. The van der Waals surface area contributed by atoms with Crippen LogP contribution in [-0.2, 0) is 9.59 Å². The van der Waals surface area contributed by atoms with Gasteiger partial charge >= 0.3 is 0 Å². The van der Waals surface area contributed by atoms with Gasteiger partial charge in [0.25, 0.3) is 0 Å². The fraction of sp³-hybridized carbons (Fsp3) is 0.154. The quantitative estimate of drug-likeness (QED) is 0.310. The van der Waals surface area contributed by atoms with E-state index in [0.717, 1.165) is 11.8 Å². The number of anilines is 2. The van der Waals surface area contributed by atoms with E-state index in [0.29, 0.717) is 33.5 Å². The van der Waals surface area contributed by atoms with Crippen LogP contribution in [0.25, 0.3) is 0 Å². The number of thioether (sulfide) groups is 1. The number of phenols is 1. The first-order valence-corrected chi connectivity index (χ1v) is 12.3. The minimum absolute atomic E-state index is 0.00703. The van der Waals surface area contributed by atoms with Crippen LogP contribution in [0.2, 0.25) is 5.02 Å². The molecule has 1 heterocycles. The second-order valence-corrected chi connectivity index (χ2v) is 9.41. The van der Waals surface area contributed by atoms with Crippen molar-refractivity contribution in [2.24, 2.45) is 10.2 Å². The highest BCUT2D eigenvalue weighted by molar-refractivity contribution is 8.16. The predicted molar refractivity (Wildman–Crippen MR) is 146 cm³/mol. The predicted octanol–water partition coefficient (Wildman–Crippen LogP) is 4.93. The van der Waals surface area contributed by atoms with E-state index in [1.165, 1.54) is 30.4 Å². The molecule has 0 aromatic heterocycles. The van der Waals surface area contributed by atoms with E-state index in [2.05, 4.69) is 15.5 Å². The first-order chi connectivity index (χ1) is 17.9. The van der Waals surface area contributed by atoms with Crippen molar-refractivity contribution in [2.45, 2.75) is 11.7 Å². The fourth-order valence-electron chi connectivity index (χ4n) is 3.53. The third-order valence-electron chi connectivity index (χ3n) is 5.28. The van der Waals surface area contributed by atoms with Crippen LogP contribution < -0.4 is 19.7 Å². The molecule has 2 amide bonds. The second-order valence-electron chi connectivity index (χ2n) is 7.80. The van der Waals surface area contributed by atoms with Gasteiger partial charge in [0.2, 0.25) is 11.8 Å². The SMILES string of the molecule is COc1ccc(C=NN=C2SC(CC(=O)Nc3ccc(Cl)cc3)C(=O)N2c2cccc(O)c2)cc1OC. The molecule has 1 fully saturated rings. The molecule has 3 aromatic carbocycles. The molecule has 0 radical (unpaired) electrons. The van der Waals surface area contributed by atoms with E-state index < -0.39 is 5.25 Å². The Bertz CT molecular complexity index is 1360. The minimum atomic E-state index is -0.732. The zero-order valence-corrected chi connectivity index (χ0v) is 21.5. The Morgan fingerprint density at radius 3 is 2.57 bits per heavy atom. The summed E-state index contributed by atoms with van der Waals surface area (Å²) in [5, 5.41) is 21.2. The summed E-state index contributed by atoms with van der Waals surface area (Å²) in [5.74, 6) is 0.434. The van der Waals surface area contributed by atoms with Crippen molar-refractivity contribution in [3.05, 3.63) is 77.3 Å². The lowest BCUT2D eigenvalue weighted by molar-refractivity contribution is -0.121. The van der Waals surface area contributed by atoms with Crippen molar-refractivity contribution in [2.75, 3.05) is 24.4 Å². The molecule has 3 aromatic rings. The van der Waals surface area contributed by atoms with Gasteiger partial charge in [-0.3, -0.25) is 14.5 Å². The number of benzene rings is 3. The first-order valence-electron chi connectivity index (χ1n) is 11.1. The van der Waals surface area contributed by atoms with Gasteiger partial charge < -0.3 is 19.9 Å². The average molecular weight is 539 g/mol. The van der Waals surface area contributed by atoms with Gasteiger partial charge in [-0.25, -0.2) is 0 Å². The number of hydrogen-bond donors (Lipinski definition) is 2. The third-order valence-corrected chi connectivity index (χ3v) is 6.66. The largest absolute Gasteiger partial charge is 0.508 e. The number of aromatic hydroxyl groups is 1.